The molecular weight excluding hydrogens is 492 g/mol. The van der Waals surface area contributed by atoms with Crippen LogP contribution in [-0.2, 0) is 38.0 Å². The third-order valence-electron chi connectivity index (χ3n) is 5.96. The van der Waals surface area contributed by atoms with Crippen molar-refractivity contribution in [3.8, 4) is 0 Å². The number of nitrogens with zero attached hydrogens (tertiary/aromatic N) is 2. The largest absolute Gasteiger partial charge is 0.469 e. The highest BCUT2D eigenvalue weighted by Crippen LogP contribution is 2.44. The summed E-state index contributed by atoms with van der Waals surface area (Å²) in [7, 11) is 2.46. The zero-order chi connectivity index (χ0) is 27.7. The molecule has 0 radical (unpaired) electrons. The van der Waals surface area contributed by atoms with E-state index in [4.69, 9.17) is 23.7 Å². The van der Waals surface area contributed by atoms with Crippen LogP contribution < -0.4 is 11.2 Å². The molecule has 0 aromatic carbocycles. The minimum atomic E-state index is -1.12. The second kappa shape index (κ2) is 10.8. The monoisotopic (exact) mass is 526 g/mol. The van der Waals surface area contributed by atoms with E-state index in [0.717, 1.165) is 10.6 Å². The van der Waals surface area contributed by atoms with Crippen molar-refractivity contribution in [2.24, 2.45) is 5.92 Å². The van der Waals surface area contributed by atoms with E-state index >= 15 is 0 Å². The predicted octanol–water partition coefficient (Wildman–Crippen LogP) is 1.34. The number of carbonyl (C=O) groups excluding carboxylic acids is 3. The first-order valence-corrected chi connectivity index (χ1v) is 11.9. The molecule has 0 saturated carbocycles. The van der Waals surface area contributed by atoms with E-state index in [2.05, 4.69) is 4.74 Å². The summed E-state index contributed by atoms with van der Waals surface area (Å²) in [6.07, 6.45) is -2.69. The van der Waals surface area contributed by atoms with Crippen molar-refractivity contribution in [1.29, 1.82) is 0 Å². The minimum Gasteiger partial charge on any atom is -0.469 e. The Kier molecular flexibility index (Phi) is 8.30. The molecule has 3 rings (SSSR count). The van der Waals surface area contributed by atoms with Crippen LogP contribution in [0, 0.1) is 5.92 Å². The molecule has 3 heterocycles. The summed E-state index contributed by atoms with van der Waals surface area (Å²) in [4.78, 5) is 62.2. The Morgan fingerprint density at radius 3 is 2.32 bits per heavy atom. The van der Waals surface area contributed by atoms with E-state index in [1.54, 1.807) is 34.6 Å². The first-order chi connectivity index (χ1) is 17.2. The van der Waals surface area contributed by atoms with Gasteiger partial charge in [-0.15, -0.1) is 0 Å². The van der Waals surface area contributed by atoms with Crippen LogP contribution in [-0.4, -0.2) is 71.1 Å². The van der Waals surface area contributed by atoms with Crippen LogP contribution in [0.4, 0.5) is 4.79 Å². The Morgan fingerprint density at radius 1 is 1.08 bits per heavy atom. The predicted molar refractivity (Wildman–Crippen MR) is 126 cm³/mol. The highest BCUT2D eigenvalue weighted by atomic mass is 16.8. The molecule has 1 aromatic heterocycles. The van der Waals surface area contributed by atoms with Gasteiger partial charge in [0.1, 0.15) is 17.8 Å². The number of esters is 2. The lowest BCUT2D eigenvalue weighted by molar-refractivity contribution is -0.198. The molecule has 37 heavy (non-hydrogen) atoms. The molecule has 0 N–H and O–H groups in total. The zero-order valence-corrected chi connectivity index (χ0v) is 22.0. The van der Waals surface area contributed by atoms with Gasteiger partial charge in [-0.3, -0.25) is 19.0 Å². The summed E-state index contributed by atoms with van der Waals surface area (Å²) >= 11 is 0. The summed E-state index contributed by atoms with van der Waals surface area (Å²) in [6.45, 7) is 8.25. The van der Waals surface area contributed by atoms with Gasteiger partial charge in [0.2, 0.25) is 0 Å². The Bertz CT molecular complexity index is 1150. The fourth-order valence-electron chi connectivity index (χ4n) is 4.40. The van der Waals surface area contributed by atoms with Gasteiger partial charge in [-0.2, -0.15) is 4.57 Å². The fourth-order valence-corrected chi connectivity index (χ4v) is 4.40. The number of methoxy groups -OCH3 is 2. The average molecular weight is 527 g/mol. The Labute approximate surface area is 213 Å². The molecule has 1 aromatic rings. The number of aromatic nitrogens is 2. The molecule has 2 aliphatic rings. The van der Waals surface area contributed by atoms with E-state index in [1.165, 1.54) is 20.4 Å². The van der Waals surface area contributed by atoms with Crippen LogP contribution in [0.1, 0.15) is 60.1 Å². The van der Waals surface area contributed by atoms with Crippen LogP contribution >= 0.6 is 0 Å². The van der Waals surface area contributed by atoms with E-state index < -0.39 is 71.1 Å². The van der Waals surface area contributed by atoms with Crippen molar-refractivity contribution < 1.29 is 42.8 Å². The van der Waals surface area contributed by atoms with Gasteiger partial charge in [-0.25, -0.2) is 9.59 Å². The highest BCUT2D eigenvalue weighted by Gasteiger charge is 2.56. The van der Waals surface area contributed by atoms with Gasteiger partial charge in [0.05, 0.1) is 32.7 Å². The van der Waals surface area contributed by atoms with Crippen molar-refractivity contribution in [3.63, 3.8) is 0 Å². The molecule has 206 valence electrons. The van der Waals surface area contributed by atoms with Crippen molar-refractivity contribution in [3.05, 3.63) is 33.1 Å². The molecule has 13 heteroatoms. The van der Waals surface area contributed by atoms with Crippen molar-refractivity contribution in [1.82, 2.24) is 9.13 Å². The molecule has 2 saturated heterocycles. The normalized spacial score (nSPS) is 25.3. The minimum absolute atomic E-state index is 0.170. The Morgan fingerprint density at radius 2 is 1.73 bits per heavy atom. The summed E-state index contributed by atoms with van der Waals surface area (Å²) in [5, 5.41) is 0. The number of carbonyl (C=O) groups is 3. The van der Waals surface area contributed by atoms with Gasteiger partial charge in [0.15, 0.2) is 12.0 Å². The van der Waals surface area contributed by atoms with Crippen molar-refractivity contribution in [2.45, 2.75) is 89.8 Å². The summed E-state index contributed by atoms with van der Waals surface area (Å²) in [5.41, 5.74) is -2.75. The molecule has 13 nitrogen and oxygen atoms in total. The van der Waals surface area contributed by atoms with Crippen molar-refractivity contribution in [2.75, 3.05) is 14.2 Å². The number of ether oxygens (including phenoxy) is 6. The quantitative estimate of drug-likeness (QED) is 0.374. The van der Waals surface area contributed by atoms with Gasteiger partial charge < -0.3 is 28.4 Å². The topological polar surface area (TPSA) is 151 Å². The van der Waals surface area contributed by atoms with Crippen LogP contribution in [0.25, 0.3) is 0 Å². The zero-order valence-electron chi connectivity index (χ0n) is 22.0. The lowest BCUT2D eigenvalue weighted by Crippen LogP contribution is -2.47. The molecule has 0 aliphatic carbocycles. The standard InChI is InChI=1S/C24H34N2O11/c1-23(2,3)37-22(31)26-15(27)10-11-25(21(26)30)19-18-17(35-24(4,5)36-18)14(34-19)9-8-13(20(29)33-7)12-16(28)32-6/h10-11,13-14,17-19H,8-9,12H2,1-7H3/t13?,14-,17-,18-,19-/m1/s1. The molecule has 2 aliphatic heterocycles. The van der Waals surface area contributed by atoms with Gasteiger partial charge in [0.25, 0.3) is 5.56 Å². The van der Waals surface area contributed by atoms with E-state index in [1.807, 2.05) is 0 Å². The maximum absolute atomic E-state index is 13.2. The molecular formula is C24H34N2O11. The fraction of sp³-hybridized carbons (Fsp3) is 0.708. The maximum Gasteiger partial charge on any atom is 0.425 e. The average Bonchev–Trinajstić information content (AvgIpc) is 3.27. The van der Waals surface area contributed by atoms with Crippen LogP contribution in [0.2, 0.25) is 0 Å². The van der Waals surface area contributed by atoms with Gasteiger partial charge in [-0.1, -0.05) is 0 Å². The smallest absolute Gasteiger partial charge is 0.425 e. The van der Waals surface area contributed by atoms with Crippen LogP contribution in [0.5, 0.6) is 0 Å². The van der Waals surface area contributed by atoms with Gasteiger partial charge in [-0.05, 0) is 47.5 Å². The molecule has 0 amide bonds. The Balaban J connectivity index is 1.90. The van der Waals surface area contributed by atoms with Gasteiger partial charge >= 0.3 is 23.7 Å². The second-order valence-corrected chi connectivity index (χ2v) is 10.4. The molecule has 0 spiro atoms. The summed E-state index contributed by atoms with van der Waals surface area (Å²) < 4.78 is 34.4. The maximum atomic E-state index is 13.2. The lowest BCUT2D eigenvalue weighted by Gasteiger charge is -2.26. The number of hydrogen-bond acceptors (Lipinski definition) is 11. The highest BCUT2D eigenvalue weighted by molar-refractivity contribution is 5.79. The molecule has 0 bridgehead atoms. The SMILES string of the molecule is COC(=O)CC(CC[C@H]1O[C@@H](n2ccc(=O)n(C(=O)OC(C)(C)C)c2=O)[C@@H]2OC(C)(C)O[C@@H]21)C(=O)OC. The van der Waals surface area contributed by atoms with E-state index in [9.17, 15) is 24.0 Å². The van der Waals surface area contributed by atoms with Crippen molar-refractivity contribution >= 4 is 18.0 Å². The van der Waals surface area contributed by atoms with Gasteiger partial charge in [0, 0.05) is 12.3 Å². The molecule has 1 unspecified atom stereocenters. The van der Waals surface area contributed by atoms with E-state index in [-0.39, 0.29) is 19.3 Å². The van der Waals surface area contributed by atoms with Crippen LogP contribution in [0.3, 0.4) is 0 Å². The molecule has 2 fully saturated rings. The third-order valence-corrected chi connectivity index (χ3v) is 5.96. The van der Waals surface area contributed by atoms with Crippen LogP contribution in [0.15, 0.2) is 21.9 Å². The van der Waals surface area contributed by atoms with E-state index in [0.29, 0.717) is 4.57 Å². The number of rotatable bonds is 7. The number of fused-ring (bicyclic) bond motifs is 1. The summed E-state index contributed by atoms with van der Waals surface area (Å²) in [6, 6.07) is 1.06. The lowest BCUT2D eigenvalue weighted by atomic mass is 9.95. The third kappa shape index (κ3) is 6.46. The summed E-state index contributed by atoms with van der Waals surface area (Å²) in [5.74, 6) is -2.91. The first-order valence-electron chi connectivity index (χ1n) is 11.9. The second-order valence-electron chi connectivity index (χ2n) is 10.4. The molecule has 5 atom stereocenters. The first kappa shape index (κ1) is 28.5. The number of hydrogen-bond donors (Lipinski definition) is 0. The Hall–Kier alpha value is -3.03.